The Morgan fingerprint density at radius 2 is 2.03 bits per heavy atom. The molecule has 1 fully saturated rings. The average molecular weight is 501 g/mol. The van der Waals surface area contributed by atoms with E-state index in [4.69, 9.17) is 0 Å². The molecule has 0 bridgehead atoms. The summed E-state index contributed by atoms with van der Waals surface area (Å²) in [7, 11) is 0. The number of aromatic hydroxyl groups is 1. The fourth-order valence-corrected chi connectivity index (χ4v) is 4.56. The number of benzene rings is 2. The van der Waals surface area contributed by atoms with E-state index in [1.165, 1.54) is 31.4 Å². The molecule has 150 valence electrons. The van der Waals surface area contributed by atoms with Crippen LogP contribution >= 0.6 is 22.6 Å². The van der Waals surface area contributed by atoms with E-state index in [9.17, 15) is 9.90 Å². The SMILES string of the molecule is CCC1CCCN1Cc1ccc(N=Cc2c(O)[nH]c(=O)c3ccc(I)cc23)cc1. The summed E-state index contributed by atoms with van der Waals surface area (Å²) < 4.78 is 0.992. The summed E-state index contributed by atoms with van der Waals surface area (Å²) in [5, 5.41) is 11.5. The maximum absolute atomic E-state index is 12.1. The van der Waals surface area contributed by atoms with E-state index in [0.29, 0.717) is 22.4 Å². The van der Waals surface area contributed by atoms with Gasteiger partial charge in [-0.25, -0.2) is 0 Å². The molecule has 3 aromatic rings. The predicted molar refractivity (Wildman–Crippen MR) is 126 cm³/mol. The van der Waals surface area contributed by atoms with Crippen LogP contribution in [0, 0.1) is 3.57 Å². The number of H-pyrrole nitrogens is 1. The molecule has 1 aromatic heterocycles. The molecule has 5 nitrogen and oxygen atoms in total. The highest BCUT2D eigenvalue weighted by atomic mass is 127. The third-order valence-corrected chi connectivity index (χ3v) is 6.31. The highest BCUT2D eigenvalue weighted by Crippen LogP contribution is 2.25. The van der Waals surface area contributed by atoms with Crippen molar-refractivity contribution in [3.63, 3.8) is 0 Å². The van der Waals surface area contributed by atoms with Crippen molar-refractivity contribution in [2.24, 2.45) is 4.99 Å². The van der Waals surface area contributed by atoms with Crippen molar-refractivity contribution in [3.05, 3.63) is 67.5 Å². The van der Waals surface area contributed by atoms with Crippen LogP contribution in [0.25, 0.3) is 10.8 Å². The molecule has 1 aliphatic rings. The van der Waals surface area contributed by atoms with Crippen LogP contribution < -0.4 is 5.56 Å². The van der Waals surface area contributed by atoms with Gasteiger partial charge in [-0.15, -0.1) is 0 Å². The summed E-state index contributed by atoms with van der Waals surface area (Å²) in [6, 6.07) is 14.5. The Bertz CT molecular complexity index is 1110. The van der Waals surface area contributed by atoms with Crippen LogP contribution in [0.2, 0.25) is 0 Å². The Morgan fingerprint density at radius 1 is 1.24 bits per heavy atom. The van der Waals surface area contributed by atoms with Gasteiger partial charge < -0.3 is 5.11 Å². The lowest BCUT2D eigenvalue weighted by atomic mass is 10.1. The fraction of sp³-hybridized carbons (Fsp3) is 0.304. The summed E-state index contributed by atoms with van der Waals surface area (Å²) in [6.45, 7) is 4.42. The molecule has 1 atom stereocenters. The maximum Gasteiger partial charge on any atom is 0.258 e. The van der Waals surface area contributed by atoms with Gasteiger partial charge in [0.2, 0.25) is 5.88 Å². The van der Waals surface area contributed by atoms with Gasteiger partial charge in [-0.05, 0) is 84.3 Å². The number of pyridine rings is 1. The molecule has 0 radical (unpaired) electrons. The van der Waals surface area contributed by atoms with Crippen LogP contribution in [-0.4, -0.2) is 33.8 Å². The van der Waals surface area contributed by atoms with Crippen LogP contribution in [0.5, 0.6) is 5.88 Å². The number of aliphatic imine (C=N–C) groups is 1. The minimum Gasteiger partial charge on any atom is -0.494 e. The summed E-state index contributed by atoms with van der Waals surface area (Å²) in [4.78, 5) is 21.7. The Hall–Kier alpha value is -2.19. The Balaban J connectivity index is 1.57. The first-order valence-electron chi connectivity index (χ1n) is 9.96. The molecular weight excluding hydrogens is 477 g/mol. The Morgan fingerprint density at radius 3 is 2.79 bits per heavy atom. The molecule has 2 heterocycles. The number of nitrogens with zero attached hydrogens (tertiary/aromatic N) is 2. The van der Waals surface area contributed by atoms with E-state index >= 15 is 0 Å². The molecule has 1 unspecified atom stereocenters. The molecular formula is C23H24IN3O2. The van der Waals surface area contributed by atoms with Crippen LogP contribution in [0.3, 0.4) is 0 Å². The van der Waals surface area contributed by atoms with E-state index in [2.05, 4.69) is 56.5 Å². The molecule has 2 N–H and O–H groups in total. The normalized spacial score (nSPS) is 17.5. The number of aromatic amines is 1. The smallest absolute Gasteiger partial charge is 0.258 e. The van der Waals surface area contributed by atoms with Crippen molar-refractivity contribution >= 4 is 45.3 Å². The van der Waals surface area contributed by atoms with E-state index in [0.717, 1.165) is 15.8 Å². The minimum atomic E-state index is -0.303. The number of halogens is 1. The number of aromatic nitrogens is 1. The zero-order valence-electron chi connectivity index (χ0n) is 16.4. The molecule has 0 spiro atoms. The maximum atomic E-state index is 12.1. The first-order chi connectivity index (χ1) is 14.0. The van der Waals surface area contributed by atoms with Crippen molar-refractivity contribution in [2.75, 3.05) is 6.54 Å². The molecule has 6 heteroatoms. The molecule has 0 aliphatic carbocycles. The zero-order valence-corrected chi connectivity index (χ0v) is 18.5. The second-order valence-electron chi connectivity index (χ2n) is 7.51. The monoisotopic (exact) mass is 501 g/mol. The second kappa shape index (κ2) is 8.67. The van der Waals surface area contributed by atoms with E-state index in [1.807, 2.05) is 24.3 Å². The number of hydrogen-bond acceptors (Lipinski definition) is 4. The van der Waals surface area contributed by atoms with Crippen LogP contribution in [0.1, 0.15) is 37.3 Å². The molecule has 0 saturated carbocycles. The van der Waals surface area contributed by atoms with Crippen molar-refractivity contribution in [3.8, 4) is 5.88 Å². The predicted octanol–water partition coefficient (Wildman–Crippen LogP) is 4.96. The van der Waals surface area contributed by atoms with Gasteiger partial charge in [-0.1, -0.05) is 19.1 Å². The van der Waals surface area contributed by atoms with Gasteiger partial charge in [0.25, 0.3) is 5.56 Å². The van der Waals surface area contributed by atoms with Gasteiger partial charge in [-0.3, -0.25) is 19.7 Å². The lowest BCUT2D eigenvalue weighted by Gasteiger charge is -2.23. The number of rotatable bonds is 5. The van der Waals surface area contributed by atoms with Crippen molar-refractivity contribution < 1.29 is 5.11 Å². The number of likely N-dealkylation sites (tertiary alicyclic amines) is 1. The molecule has 1 saturated heterocycles. The van der Waals surface area contributed by atoms with Gasteiger partial charge in [-0.2, -0.15) is 0 Å². The van der Waals surface area contributed by atoms with Crippen LogP contribution in [0.4, 0.5) is 5.69 Å². The largest absolute Gasteiger partial charge is 0.494 e. The van der Waals surface area contributed by atoms with Crippen molar-refractivity contribution in [1.29, 1.82) is 0 Å². The number of fused-ring (bicyclic) bond motifs is 1. The molecule has 2 aromatic carbocycles. The van der Waals surface area contributed by atoms with Crippen molar-refractivity contribution in [1.82, 2.24) is 9.88 Å². The van der Waals surface area contributed by atoms with Gasteiger partial charge in [0.05, 0.1) is 11.3 Å². The summed E-state index contributed by atoms with van der Waals surface area (Å²) in [5.41, 5.74) is 2.32. The lowest BCUT2D eigenvalue weighted by molar-refractivity contribution is 0.240. The molecule has 4 rings (SSSR count). The first-order valence-corrected chi connectivity index (χ1v) is 11.0. The van der Waals surface area contributed by atoms with Gasteiger partial charge in [0.15, 0.2) is 0 Å². The summed E-state index contributed by atoms with van der Waals surface area (Å²) in [6.07, 6.45) is 5.41. The van der Waals surface area contributed by atoms with Gasteiger partial charge in [0, 0.05) is 33.1 Å². The standard InChI is InChI=1S/C23H24IN3O2/c1-2-18-4-3-11-27(18)14-15-5-8-17(9-6-15)25-13-21-20-12-16(24)7-10-19(20)22(28)26-23(21)29/h5-10,12-13,18H,2-4,11,14H2,1H3,(H2,26,28,29). The topological polar surface area (TPSA) is 68.7 Å². The fourth-order valence-electron chi connectivity index (χ4n) is 4.06. The Kier molecular flexibility index (Phi) is 6.01. The minimum absolute atomic E-state index is 0.162. The molecule has 1 aliphatic heterocycles. The van der Waals surface area contributed by atoms with E-state index in [1.54, 1.807) is 12.3 Å². The third kappa shape index (κ3) is 4.38. The zero-order chi connectivity index (χ0) is 20.4. The number of hydrogen-bond donors (Lipinski definition) is 2. The van der Waals surface area contributed by atoms with E-state index < -0.39 is 0 Å². The Labute approximate surface area is 183 Å². The van der Waals surface area contributed by atoms with Crippen LogP contribution in [-0.2, 0) is 6.54 Å². The molecule has 29 heavy (non-hydrogen) atoms. The van der Waals surface area contributed by atoms with Crippen molar-refractivity contribution in [2.45, 2.75) is 38.8 Å². The van der Waals surface area contributed by atoms with Crippen LogP contribution in [0.15, 0.2) is 52.3 Å². The van der Waals surface area contributed by atoms with E-state index in [-0.39, 0.29) is 11.4 Å². The first kappa shape index (κ1) is 20.1. The molecule has 0 amide bonds. The van der Waals surface area contributed by atoms with Gasteiger partial charge in [0.1, 0.15) is 0 Å². The quantitative estimate of drug-likeness (QED) is 0.384. The van der Waals surface area contributed by atoms with Gasteiger partial charge >= 0.3 is 0 Å². The second-order valence-corrected chi connectivity index (χ2v) is 8.75. The summed E-state index contributed by atoms with van der Waals surface area (Å²) in [5.74, 6) is -0.162. The lowest BCUT2D eigenvalue weighted by Crippen LogP contribution is -2.28. The highest BCUT2D eigenvalue weighted by molar-refractivity contribution is 14.1. The summed E-state index contributed by atoms with van der Waals surface area (Å²) >= 11 is 2.19. The third-order valence-electron chi connectivity index (χ3n) is 5.64. The number of nitrogens with one attached hydrogen (secondary N) is 1. The highest BCUT2D eigenvalue weighted by Gasteiger charge is 2.22. The average Bonchev–Trinajstić information content (AvgIpc) is 3.16.